The number of aromatic nitrogens is 2. The highest BCUT2D eigenvalue weighted by atomic mass is 35.5. The second-order valence-corrected chi connectivity index (χ2v) is 3.68. The first-order chi connectivity index (χ1) is 7.20. The van der Waals surface area contributed by atoms with E-state index in [1.165, 1.54) is 22.9 Å². The van der Waals surface area contributed by atoms with Crippen LogP contribution in [0.2, 0.25) is 5.02 Å². The first-order valence-electron chi connectivity index (χ1n) is 4.26. The second-order valence-electron chi connectivity index (χ2n) is 2.98. The summed E-state index contributed by atoms with van der Waals surface area (Å²) in [5, 5.41) is 4.55. The normalized spacial score (nSPS) is 10.6. The quantitative estimate of drug-likeness (QED) is 0.741. The van der Waals surface area contributed by atoms with Crippen molar-refractivity contribution in [1.29, 1.82) is 0 Å². The lowest BCUT2D eigenvalue weighted by molar-refractivity contribution is 0.610. The van der Waals surface area contributed by atoms with Crippen LogP contribution in [-0.4, -0.2) is 9.78 Å². The molecule has 15 heavy (non-hydrogen) atoms. The minimum atomic E-state index is -0.372. The molecule has 5 heteroatoms. The van der Waals surface area contributed by atoms with Gasteiger partial charge in [0.25, 0.3) is 0 Å². The van der Waals surface area contributed by atoms with Crippen LogP contribution in [0, 0.1) is 5.82 Å². The maximum Gasteiger partial charge on any atom is 0.148 e. The molecule has 0 fully saturated rings. The highest BCUT2D eigenvalue weighted by Crippen LogP contribution is 2.18. The Kier molecular flexibility index (Phi) is 2.93. The van der Waals surface area contributed by atoms with E-state index >= 15 is 0 Å². The van der Waals surface area contributed by atoms with E-state index in [0.29, 0.717) is 22.3 Å². The van der Waals surface area contributed by atoms with Crippen LogP contribution in [0.1, 0.15) is 5.69 Å². The molecule has 1 aromatic heterocycles. The van der Waals surface area contributed by atoms with Crippen molar-refractivity contribution in [3.63, 3.8) is 0 Å². The monoisotopic (exact) mass is 244 g/mol. The number of benzene rings is 1. The zero-order chi connectivity index (χ0) is 10.8. The van der Waals surface area contributed by atoms with E-state index in [1.54, 1.807) is 12.3 Å². The molecule has 0 unspecified atom stereocenters. The molecule has 0 N–H and O–H groups in total. The SMILES string of the molecule is Fc1ccc(Cl)cc1-n1ccc(CCl)n1. The zero-order valence-electron chi connectivity index (χ0n) is 7.62. The Morgan fingerprint density at radius 2 is 2.13 bits per heavy atom. The Balaban J connectivity index is 2.48. The van der Waals surface area contributed by atoms with E-state index in [4.69, 9.17) is 23.2 Å². The van der Waals surface area contributed by atoms with Gasteiger partial charge >= 0.3 is 0 Å². The number of hydrogen-bond acceptors (Lipinski definition) is 1. The van der Waals surface area contributed by atoms with Gasteiger partial charge in [0.2, 0.25) is 0 Å². The van der Waals surface area contributed by atoms with Crippen LogP contribution in [0.5, 0.6) is 0 Å². The van der Waals surface area contributed by atoms with Gasteiger partial charge in [0.05, 0.1) is 11.6 Å². The van der Waals surface area contributed by atoms with Crippen molar-refractivity contribution in [3.05, 3.63) is 47.0 Å². The molecule has 0 radical (unpaired) electrons. The molecule has 1 aromatic carbocycles. The summed E-state index contributed by atoms with van der Waals surface area (Å²) in [5.74, 6) is -0.0709. The Bertz CT molecular complexity index is 482. The first-order valence-corrected chi connectivity index (χ1v) is 5.18. The van der Waals surface area contributed by atoms with Crippen LogP contribution in [0.3, 0.4) is 0 Å². The van der Waals surface area contributed by atoms with Crippen LogP contribution >= 0.6 is 23.2 Å². The number of rotatable bonds is 2. The number of alkyl halides is 1. The number of hydrogen-bond donors (Lipinski definition) is 0. The van der Waals surface area contributed by atoms with Gasteiger partial charge in [0.1, 0.15) is 11.5 Å². The fraction of sp³-hybridized carbons (Fsp3) is 0.100. The second kappa shape index (κ2) is 4.21. The summed E-state index contributed by atoms with van der Waals surface area (Å²) in [6.07, 6.45) is 1.65. The summed E-state index contributed by atoms with van der Waals surface area (Å²) in [6, 6.07) is 6.04. The molecule has 2 rings (SSSR count). The molecule has 0 aliphatic heterocycles. The van der Waals surface area contributed by atoms with Gasteiger partial charge in [-0.1, -0.05) is 11.6 Å². The zero-order valence-corrected chi connectivity index (χ0v) is 9.13. The summed E-state index contributed by atoms with van der Waals surface area (Å²) < 4.78 is 14.8. The standard InChI is InChI=1S/C10H7Cl2FN2/c11-6-8-3-4-15(14-8)10-5-7(12)1-2-9(10)13/h1-5H,6H2. The van der Waals surface area contributed by atoms with Gasteiger partial charge in [-0.3, -0.25) is 0 Å². The molecule has 2 aromatic rings. The van der Waals surface area contributed by atoms with Crippen molar-refractivity contribution >= 4 is 23.2 Å². The minimum Gasteiger partial charge on any atom is -0.238 e. The Morgan fingerprint density at radius 3 is 2.80 bits per heavy atom. The molecule has 0 saturated heterocycles. The van der Waals surface area contributed by atoms with Crippen molar-refractivity contribution in [3.8, 4) is 5.69 Å². The third-order valence-corrected chi connectivity index (χ3v) is 2.45. The number of nitrogens with zero attached hydrogens (tertiary/aromatic N) is 2. The lowest BCUT2D eigenvalue weighted by Gasteiger charge is -2.03. The van der Waals surface area contributed by atoms with E-state index in [2.05, 4.69) is 5.10 Å². The molecule has 0 atom stereocenters. The van der Waals surface area contributed by atoms with Gasteiger partial charge < -0.3 is 0 Å². The molecule has 0 aliphatic rings. The summed E-state index contributed by atoms with van der Waals surface area (Å²) in [4.78, 5) is 0. The molecule has 78 valence electrons. The summed E-state index contributed by atoms with van der Waals surface area (Å²) >= 11 is 11.4. The Morgan fingerprint density at radius 1 is 1.33 bits per heavy atom. The predicted molar refractivity (Wildman–Crippen MR) is 58.1 cm³/mol. The molecular weight excluding hydrogens is 238 g/mol. The topological polar surface area (TPSA) is 17.8 Å². The molecule has 2 nitrogen and oxygen atoms in total. The first kappa shape index (κ1) is 10.5. The van der Waals surface area contributed by atoms with Crippen molar-refractivity contribution in [1.82, 2.24) is 9.78 Å². The third kappa shape index (κ3) is 2.13. The van der Waals surface area contributed by atoms with Gasteiger partial charge in [0.15, 0.2) is 0 Å². The van der Waals surface area contributed by atoms with Crippen LogP contribution in [-0.2, 0) is 5.88 Å². The molecule has 1 heterocycles. The lowest BCUT2D eigenvalue weighted by atomic mass is 10.3. The molecule has 0 bridgehead atoms. The van der Waals surface area contributed by atoms with Crippen LogP contribution < -0.4 is 0 Å². The van der Waals surface area contributed by atoms with Crippen LogP contribution in [0.25, 0.3) is 5.69 Å². The minimum absolute atomic E-state index is 0.301. The van der Waals surface area contributed by atoms with E-state index in [-0.39, 0.29) is 5.82 Å². The Hall–Kier alpha value is -1.06. The molecule has 0 amide bonds. The molecule has 0 saturated carbocycles. The highest BCUT2D eigenvalue weighted by Gasteiger charge is 2.06. The van der Waals surface area contributed by atoms with Crippen molar-refractivity contribution in [2.75, 3.05) is 0 Å². The van der Waals surface area contributed by atoms with Gasteiger partial charge in [-0.2, -0.15) is 5.10 Å². The molecular formula is C10H7Cl2FN2. The maximum absolute atomic E-state index is 13.4. The van der Waals surface area contributed by atoms with Gasteiger partial charge in [-0.25, -0.2) is 9.07 Å². The Labute approximate surface area is 96.2 Å². The smallest absolute Gasteiger partial charge is 0.148 e. The van der Waals surface area contributed by atoms with E-state index in [1.807, 2.05) is 0 Å². The summed E-state index contributed by atoms with van der Waals surface area (Å²) in [7, 11) is 0. The average Bonchev–Trinajstić information content (AvgIpc) is 2.70. The number of halogens is 3. The maximum atomic E-state index is 13.4. The van der Waals surface area contributed by atoms with Crippen molar-refractivity contribution in [2.24, 2.45) is 0 Å². The lowest BCUT2D eigenvalue weighted by Crippen LogP contribution is -1.98. The van der Waals surface area contributed by atoms with Crippen molar-refractivity contribution in [2.45, 2.75) is 5.88 Å². The van der Waals surface area contributed by atoms with Crippen molar-refractivity contribution < 1.29 is 4.39 Å². The van der Waals surface area contributed by atoms with E-state index < -0.39 is 0 Å². The fourth-order valence-corrected chi connectivity index (χ4v) is 1.54. The highest BCUT2D eigenvalue weighted by molar-refractivity contribution is 6.30. The largest absolute Gasteiger partial charge is 0.238 e. The van der Waals surface area contributed by atoms with E-state index in [9.17, 15) is 4.39 Å². The van der Waals surface area contributed by atoms with Gasteiger partial charge in [-0.15, -0.1) is 11.6 Å². The van der Waals surface area contributed by atoms with Crippen LogP contribution in [0.15, 0.2) is 30.5 Å². The van der Waals surface area contributed by atoms with Gasteiger partial charge in [-0.05, 0) is 24.3 Å². The predicted octanol–water partition coefficient (Wildman–Crippen LogP) is 3.40. The summed E-state index contributed by atoms with van der Waals surface area (Å²) in [6.45, 7) is 0. The van der Waals surface area contributed by atoms with Crippen LogP contribution in [0.4, 0.5) is 4.39 Å². The fourth-order valence-electron chi connectivity index (χ4n) is 1.23. The molecule has 0 aliphatic carbocycles. The third-order valence-electron chi connectivity index (χ3n) is 1.94. The van der Waals surface area contributed by atoms with E-state index in [0.717, 1.165) is 0 Å². The average molecular weight is 245 g/mol. The summed E-state index contributed by atoms with van der Waals surface area (Å²) in [5.41, 5.74) is 1.01. The molecule has 0 spiro atoms. The van der Waals surface area contributed by atoms with Gasteiger partial charge in [0, 0.05) is 11.2 Å².